The predicted molar refractivity (Wildman–Crippen MR) is 145 cm³/mol. The van der Waals surface area contributed by atoms with Gasteiger partial charge in [0.2, 0.25) is 0 Å². The Morgan fingerprint density at radius 3 is 2.76 bits per heavy atom. The van der Waals surface area contributed by atoms with Crippen molar-refractivity contribution in [2.75, 3.05) is 25.0 Å². The summed E-state index contributed by atoms with van der Waals surface area (Å²) in [5.41, 5.74) is 4.18. The van der Waals surface area contributed by atoms with Crippen molar-refractivity contribution in [2.24, 2.45) is 0 Å². The number of hydrogen-bond acceptors (Lipinski definition) is 8. The minimum Gasteiger partial charge on any atom is -0.508 e. The number of phenols is 1. The molecule has 3 aromatic carbocycles. The molecule has 0 saturated carbocycles. The number of aromatic hydroxyl groups is 1. The van der Waals surface area contributed by atoms with E-state index in [2.05, 4.69) is 20.4 Å². The lowest BCUT2D eigenvalue weighted by Crippen LogP contribution is -2.28. The molecule has 2 heterocycles. The Balaban J connectivity index is 1.26. The van der Waals surface area contributed by atoms with Crippen molar-refractivity contribution < 1.29 is 19.4 Å². The van der Waals surface area contributed by atoms with Gasteiger partial charge in [-0.05, 0) is 53.9 Å². The second kappa shape index (κ2) is 11.4. The summed E-state index contributed by atoms with van der Waals surface area (Å²) in [7, 11) is 0. The Kier molecular flexibility index (Phi) is 7.57. The highest BCUT2D eigenvalue weighted by atomic mass is 35.5. The average Bonchev–Trinajstić information content (AvgIpc) is 3.30. The molecule has 0 bridgehead atoms. The maximum Gasteiger partial charge on any atom is 0.402 e. The molecule has 0 unspecified atom stereocenters. The van der Waals surface area contributed by atoms with Gasteiger partial charge in [-0.3, -0.25) is 14.5 Å². The summed E-state index contributed by atoms with van der Waals surface area (Å²) in [6.07, 6.45) is 1.73. The first-order valence-corrected chi connectivity index (χ1v) is 12.5. The number of nitrogens with one attached hydrogen (secondary N) is 1. The normalized spacial score (nSPS) is 11.2. The minimum atomic E-state index is 0.141. The van der Waals surface area contributed by atoms with Gasteiger partial charge in [-0.25, -0.2) is 0 Å². The van der Waals surface area contributed by atoms with E-state index in [0.29, 0.717) is 28.6 Å². The molecule has 0 aliphatic heterocycles. The number of rotatable bonds is 10. The average molecular weight is 532 g/mol. The number of hydrogen-bond donors (Lipinski definition) is 2. The molecular formula is C28H26ClN5O4. The fourth-order valence-electron chi connectivity index (χ4n) is 4.19. The van der Waals surface area contributed by atoms with Crippen LogP contribution in [0.5, 0.6) is 11.6 Å². The molecule has 10 heteroatoms. The van der Waals surface area contributed by atoms with E-state index in [4.69, 9.17) is 21.0 Å². The van der Waals surface area contributed by atoms with E-state index in [1.54, 1.807) is 24.4 Å². The van der Waals surface area contributed by atoms with Crippen LogP contribution in [-0.2, 0) is 6.54 Å². The second-order valence-electron chi connectivity index (χ2n) is 8.66. The molecule has 0 aliphatic carbocycles. The number of nitrogens with zero attached hydrogens (tertiary/aromatic N) is 4. The lowest BCUT2D eigenvalue weighted by atomic mass is 10.1. The number of benzene rings is 3. The molecule has 9 nitrogen and oxygen atoms in total. The van der Waals surface area contributed by atoms with Crippen LogP contribution in [0.25, 0.3) is 22.2 Å². The molecule has 2 aromatic heterocycles. The number of ether oxygens (including phenoxy) is 1. The smallest absolute Gasteiger partial charge is 0.402 e. The van der Waals surface area contributed by atoms with E-state index in [0.717, 1.165) is 34.4 Å². The van der Waals surface area contributed by atoms with E-state index in [1.165, 1.54) is 0 Å². The van der Waals surface area contributed by atoms with E-state index in [9.17, 15) is 10.3 Å². The molecule has 194 valence electrons. The van der Waals surface area contributed by atoms with Crippen molar-refractivity contribution in [3.05, 3.63) is 94.8 Å². The fourth-order valence-corrected chi connectivity index (χ4v) is 4.36. The zero-order valence-corrected chi connectivity index (χ0v) is 21.4. The lowest BCUT2D eigenvalue weighted by molar-refractivity contribution is -0.793. The van der Waals surface area contributed by atoms with Crippen LogP contribution in [0.3, 0.4) is 0 Å². The maximum atomic E-state index is 12.1. The van der Waals surface area contributed by atoms with Gasteiger partial charge in [0.1, 0.15) is 12.4 Å². The largest absolute Gasteiger partial charge is 0.508 e. The van der Waals surface area contributed by atoms with Crippen LogP contribution in [0.15, 0.2) is 83.6 Å². The third kappa shape index (κ3) is 5.64. The van der Waals surface area contributed by atoms with Gasteiger partial charge in [-0.15, -0.1) is 0 Å². The summed E-state index contributed by atoms with van der Waals surface area (Å²) < 4.78 is 10.6. The van der Waals surface area contributed by atoms with E-state index >= 15 is 0 Å². The van der Waals surface area contributed by atoms with Crippen LogP contribution in [0.4, 0.5) is 11.4 Å². The van der Waals surface area contributed by atoms with Gasteiger partial charge < -0.3 is 20.4 Å². The molecule has 5 aromatic rings. The van der Waals surface area contributed by atoms with Gasteiger partial charge in [0.05, 0.1) is 10.7 Å². The molecule has 0 fully saturated rings. The molecule has 0 amide bonds. The Hall–Kier alpha value is -4.34. The monoisotopic (exact) mass is 531 g/mol. The molecular weight excluding hydrogens is 506 g/mol. The first-order valence-electron chi connectivity index (χ1n) is 12.2. The highest BCUT2D eigenvalue weighted by molar-refractivity contribution is 6.31. The Morgan fingerprint density at radius 1 is 1.11 bits per heavy atom. The van der Waals surface area contributed by atoms with Crippen LogP contribution >= 0.6 is 11.6 Å². The van der Waals surface area contributed by atoms with Crippen molar-refractivity contribution >= 4 is 33.9 Å². The number of anilines is 2. The quantitative estimate of drug-likeness (QED) is 0.179. The van der Waals surface area contributed by atoms with Crippen molar-refractivity contribution in [1.29, 1.82) is 0 Å². The number of fused-ring (bicyclic) bond motifs is 1. The lowest BCUT2D eigenvalue weighted by Gasteiger charge is -2.21. The molecule has 0 aliphatic rings. The van der Waals surface area contributed by atoms with Crippen molar-refractivity contribution in [3.63, 3.8) is 0 Å². The molecule has 2 N–H and O–H groups in total. The summed E-state index contributed by atoms with van der Waals surface area (Å²) in [5.74, 6) is 0.346. The maximum absolute atomic E-state index is 12.1. The zero-order valence-electron chi connectivity index (χ0n) is 20.7. The number of halogens is 1. The first-order chi connectivity index (χ1) is 18.5. The Labute approximate surface area is 224 Å². The summed E-state index contributed by atoms with van der Waals surface area (Å²) in [4.78, 5) is 6.86. The molecule has 0 atom stereocenters. The van der Waals surface area contributed by atoms with Gasteiger partial charge in [0, 0.05) is 52.2 Å². The Morgan fingerprint density at radius 2 is 1.95 bits per heavy atom. The molecule has 5 rings (SSSR count). The summed E-state index contributed by atoms with van der Waals surface area (Å²) in [5, 5.41) is 31.4. The van der Waals surface area contributed by atoms with Crippen molar-refractivity contribution in [3.8, 4) is 22.9 Å². The SMILES string of the molecule is CCN(CCOc1no[n+]([O-])c1-c1ccccc1)Cc1cc(Nc2ccnc3cc(Cl)ccc23)ccc1O. The van der Waals surface area contributed by atoms with Gasteiger partial charge in [-0.1, -0.05) is 48.9 Å². The zero-order chi connectivity index (χ0) is 26.5. The highest BCUT2D eigenvalue weighted by Gasteiger charge is 2.23. The van der Waals surface area contributed by atoms with Gasteiger partial charge in [-0.2, -0.15) is 0 Å². The third-order valence-electron chi connectivity index (χ3n) is 6.18. The predicted octanol–water partition coefficient (Wildman–Crippen LogP) is 5.53. The van der Waals surface area contributed by atoms with Crippen LogP contribution in [0.1, 0.15) is 12.5 Å². The summed E-state index contributed by atoms with van der Waals surface area (Å²) in [6, 6.07) is 22.0. The number of aromatic nitrogens is 3. The van der Waals surface area contributed by atoms with Crippen LogP contribution in [0, 0.1) is 5.21 Å². The highest BCUT2D eigenvalue weighted by Crippen LogP contribution is 2.30. The first kappa shape index (κ1) is 25.3. The van der Waals surface area contributed by atoms with Crippen LogP contribution in [-0.4, -0.2) is 39.8 Å². The van der Waals surface area contributed by atoms with Gasteiger partial charge in [0.15, 0.2) is 0 Å². The minimum absolute atomic E-state index is 0.141. The fraction of sp³-hybridized carbons (Fsp3) is 0.179. The van der Waals surface area contributed by atoms with E-state index < -0.39 is 0 Å². The topological polar surface area (TPSA) is 111 Å². The number of likely N-dealkylation sites (N-methyl/N-ethyl adjacent to an activating group) is 1. The van der Waals surface area contributed by atoms with Crippen molar-refractivity contribution in [1.82, 2.24) is 15.0 Å². The molecule has 0 saturated heterocycles. The van der Waals surface area contributed by atoms with Crippen molar-refractivity contribution in [2.45, 2.75) is 13.5 Å². The van der Waals surface area contributed by atoms with E-state index in [1.807, 2.05) is 61.5 Å². The Bertz CT molecular complexity index is 1540. The molecule has 0 radical (unpaired) electrons. The van der Waals surface area contributed by atoms with Gasteiger partial charge >= 0.3 is 5.88 Å². The number of pyridine rings is 1. The second-order valence-corrected chi connectivity index (χ2v) is 9.09. The summed E-state index contributed by atoms with van der Waals surface area (Å²) in [6.45, 7) is 4.08. The van der Waals surface area contributed by atoms with Crippen LogP contribution < -0.4 is 15.0 Å². The van der Waals surface area contributed by atoms with E-state index in [-0.39, 0.29) is 23.9 Å². The summed E-state index contributed by atoms with van der Waals surface area (Å²) >= 11 is 6.11. The van der Waals surface area contributed by atoms with Crippen LogP contribution in [0.2, 0.25) is 5.02 Å². The number of phenolic OH excluding ortho intramolecular Hbond substituents is 1. The molecule has 0 spiro atoms. The standard InChI is InChI=1S/C28H26ClN5O4/c1-2-33(14-15-37-28-27(34(36)38-32-28)19-6-4-3-5-7-19)18-20-16-22(9-11-26(20)35)31-24-12-13-30-25-17-21(29)8-10-23(24)25/h3-13,16-17,35H,2,14-15,18H2,1H3,(H,30,31). The van der Waals surface area contributed by atoms with Gasteiger partial charge in [0.25, 0.3) is 5.69 Å². The molecule has 38 heavy (non-hydrogen) atoms. The third-order valence-corrected chi connectivity index (χ3v) is 6.42.